The van der Waals surface area contributed by atoms with E-state index in [1.165, 1.54) is 7.11 Å². The molecule has 0 bridgehead atoms. The van der Waals surface area contributed by atoms with Crippen molar-refractivity contribution in [2.24, 2.45) is 11.8 Å². The van der Waals surface area contributed by atoms with Gasteiger partial charge in [-0.05, 0) is 37.2 Å². The third-order valence-electron chi connectivity index (χ3n) is 4.33. The summed E-state index contributed by atoms with van der Waals surface area (Å²) in [5.41, 5.74) is -0.675. The third kappa shape index (κ3) is 2.24. The Bertz CT molecular complexity index is 433. The van der Waals surface area contributed by atoms with Crippen LogP contribution in [0.3, 0.4) is 0 Å². The van der Waals surface area contributed by atoms with E-state index in [2.05, 4.69) is 13.8 Å². The zero-order chi connectivity index (χ0) is 13.3. The standard InChI is InChI=1S/C15H21FO2/c1-10-7-8-15(17,9-11(10)2)12-5-4-6-13(18-3)14(12)16/h4-6,10-11,17H,7-9H2,1-3H3. The van der Waals surface area contributed by atoms with E-state index in [0.717, 1.165) is 6.42 Å². The van der Waals surface area contributed by atoms with E-state index in [1.54, 1.807) is 18.2 Å². The van der Waals surface area contributed by atoms with Crippen molar-refractivity contribution in [3.8, 4) is 5.75 Å². The van der Waals surface area contributed by atoms with Crippen molar-refractivity contribution >= 4 is 0 Å². The van der Waals surface area contributed by atoms with Gasteiger partial charge >= 0.3 is 0 Å². The van der Waals surface area contributed by atoms with Gasteiger partial charge < -0.3 is 9.84 Å². The molecule has 18 heavy (non-hydrogen) atoms. The summed E-state index contributed by atoms with van der Waals surface area (Å²) in [7, 11) is 1.44. The SMILES string of the molecule is COc1cccc(C2(O)CCC(C)C(C)C2)c1F. The number of aliphatic hydroxyl groups is 1. The summed E-state index contributed by atoms with van der Waals surface area (Å²) < 4.78 is 19.2. The van der Waals surface area contributed by atoms with Crippen LogP contribution < -0.4 is 4.74 Å². The van der Waals surface area contributed by atoms with Gasteiger partial charge in [0, 0.05) is 5.56 Å². The Labute approximate surface area is 108 Å². The molecule has 0 heterocycles. The highest BCUT2D eigenvalue weighted by molar-refractivity contribution is 5.35. The number of methoxy groups -OCH3 is 1. The zero-order valence-electron chi connectivity index (χ0n) is 11.2. The van der Waals surface area contributed by atoms with Crippen LogP contribution in [-0.2, 0) is 5.60 Å². The quantitative estimate of drug-likeness (QED) is 0.873. The minimum Gasteiger partial charge on any atom is -0.494 e. The molecule has 3 unspecified atom stereocenters. The van der Waals surface area contributed by atoms with Crippen LogP contribution in [-0.4, -0.2) is 12.2 Å². The summed E-state index contributed by atoms with van der Waals surface area (Å²) in [6.45, 7) is 4.30. The van der Waals surface area contributed by atoms with Gasteiger partial charge in [0.2, 0.25) is 0 Å². The average molecular weight is 252 g/mol. The Morgan fingerprint density at radius 1 is 1.33 bits per heavy atom. The van der Waals surface area contributed by atoms with E-state index in [-0.39, 0.29) is 5.75 Å². The van der Waals surface area contributed by atoms with E-state index in [0.29, 0.717) is 30.2 Å². The van der Waals surface area contributed by atoms with Crippen LogP contribution in [0, 0.1) is 17.7 Å². The Kier molecular flexibility index (Phi) is 3.62. The zero-order valence-corrected chi connectivity index (χ0v) is 11.2. The van der Waals surface area contributed by atoms with Crippen LogP contribution in [0.2, 0.25) is 0 Å². The minimum atomic E-state index is -1.05. The van der Waals surface area contributed by atoms with Crippen molar-refractivity contribution in [1.82, 2.24) is 0 Å². The fraction of sp³-hybridized carbons (Fsp3) is 0.600. The van der Waals surface area contributed by atoms with Crippen molar-refractivity contribution in [1.29, 1.82) is 0 Å². The summed E-state index contributed by atoms with van der Waals surface area (Å²) in [6.07, 6.45) is 2.15. The van der Waals surface area contributed by atoms with Gasteiger partial charge in [0.15, 0.2) is 11.6 Å². The molecule has 0 spiro atoms. The Balaban J connectivity index is 2.36. The topological polar surface area (TPSA) is 29.5 Å². The van der Waals surface area contributed by atoms with Crippen molar-refractivity contribution in [3.63, 3.8) is 0 Å². The van der Waals surface area contributed by atoms with Crippen LogP contribution in [0.5, 0.6) is 5.75 Å². The second-order valence-corrected chi connectivity index (χ2v) is 5.55. The molecule has 1 aromatic rings. The first-order valence-corrected chi connectivity index (χ1v) is 6.53. The summed E-state index contributed by atoms with van der Waals surface area (Å²) in [5.74, 6) is 0.754. The van der Waals surface area contributed by atoms with Crippen LogP contribution in [0.25, 0.3) is 0 Å². The Hall–Kier alpha value is -1.09. The monoisotopic (exact) mass is 252 g/mol. The number of hydrogen-bond acceptors (Lipinski definition) is 2. The molecule has 1 aromatic carbocycles. The Morgan fingerprint density at radius 2 is 2.06 bits per heavy atom. The first-order chi connectivity index (χ1) is 8.48. The van der Waals surface area contributed by atoms with Gasteiger partial charge in [0.25, 0.3) is 0 Å². The van der Waals surface area contributed by atoms with Gasteiger partial charge in [0.1, 0.15) is 0 Å². The molecule has 0 aromatic heterocycles. The van der Waals surface area contributed by atoms with Gasteiger partial charge in [-0.2, -0.15) is 0 Å². The lowest BCUT2D eigenvalue weighted by Crippen LogP contribution is -2.36. The van der Waals surface area contributed by atoms with E-state index >= 15 is 0 Å². The molecule has 1 aliphatic carbocycles. The van der Waals surface area contributed by atoms with Gasteiger partial charge in [-0.15, -0.1) is 0 Å². The summed E-state index contributed by atoms with van der Waals surface area (Å²) in [6, 6.07) is 4.98. The largest absolute Gasteiger partial charge is 0.494 e. The molecule has 1 saturated carbocycles. The summed E-state index contributed by atoms with van der Waals surface area (Å²) >= 11 is 0. The first-order valence-electron chi connectivity index (χ1n) is 6.53. The fourth-order valence-electron chi connectivity index (χ4n) is 2.86. The lowest BCUT2D eigenvalue weighted by Gasteiger charge is -2.39. The lowest BCUT2D eigenvalue weighted by molar-refractivity contribution is -0.0364. The van der Waals surface area contributed by atoms with E-state index in [4.69, 9.17) is 4.74 Å². The predicted molar refractivity (Wildman–Crippen MR) is 69.0 cm³/mol. The van der Waals surface area contributed by atoms with Gasteiger partial charge in [-0.3, -0.25) is 0 Å². The van der Waals surface area contributed by atoms with Crippen molar-refractivity contribution in [2.45, 2.75) is 38.7 Å². The molecule has 0 amide bonds. The van der Waals surface area contributed by atoms with Crippen molar-refractivity contribution < 1.29 is 14.2 Å². The van der Waals surface area contributed by atoms with Crippen LogP contribution in [0.1, 0.15) is 38.7 Å². The van der Waals surface area contributed by atoms with E-state index in [9.17, 15) is 9.50 Å². The normalized spacial score (nSPS) is 32.3. The van der Waals surface area contributed by atoms with Crippen molar-refractivity contribution in [3.05, 3.63) is 29.6 Å². The van der Waals surface area contributed by atoms with E-state index < -0.39 is 11.4 Å². The molecular weight excluding hydrogens is 231 g/mol. The molecule has 1 N–H and O–H groups in total. The molecule has 0 saturated heterocycles. The number of benzene rings is 1. The lowest BCUT2D eigenvalue weighted by atomic mass is 9.70. The number of halogens is 1. The minimum absolute atomic E-state index is 0.201. The molecular formula is C15H21FO2. The highest BCUT2D eigenvalue weighted by atomic mass is 19.1. The third-order valence-corrected chi connectivity index (χ3v) is 4.33. The van der Waals surface area contributed by atoms with Gasteiger partial charge in [-0.1, -0.05) is 26.0 Å². The maximum atomic E-state index is 14.2. The molecule has 3 atom stereocenters. The number of hydrogen-bond donors (Lipinski definition) is 1. The predicted octanol–water partition coefficient (Wildman–Crippen LogP) is 3.48. The molecule has 1 fully saturated rings. The number of rotatable bonds is 2. The number of ether oxygens (including phenoxy) is 1. The summed E-state index contributed by atoms with van der Waals surface area (Å²) in [4.78, 5) is 0. The molecule has 0 aliphatic heterocycles. The van der Waals surface area contributed by atoms with Crippen LogP contribution in [0.4, 0.5) is 4.39 Å². The fourth-order valence-corrected chi connectivity index (χ4v) is 2.86. The van der Waals surface area contributed by atoms with Gasteiger partial charge in [-0.25, -0.2) is 4.39 Å². The molecule has 2 nitrogen and oxygen atoms in total. The average Bonchev–Trinajstić information content (AvgIpc) is 2.34. The molecule has 0 radical (unpaired) electrons. The summed E-state index contributed by atoms with van der Waals surface area (Å²) in [5, 5.41) is 10.7. The van der Waals surface area contributed by atoms with Gasteiger partial charge in [0.05, 0.1) is 12.7 Å². The van der Waals surface area contributed by atoms with Crippen molar-refractivity contribution in [2.75, 3.05) is 7.11 Å². The second-order valence-electron chi connectivity index (χ2n) is 5.55. The first kappa shape index (κ1) is 13.3. The molecule has 2 rings (SSSR count). The van der Waals surface area contributed by atoms with Crippen LogP contribution in [0.15, 0.2) is 18.2 Å². The maximum absolute atomic E-state index is 14.2. The van der Waals surface area contributed by atoms with E-state index in [1.807, 2.05) is 0 Å². The Morgan fingerprint density at radius 3 is 2.67 bits per heavy atom. The smallest absolute Gasteiger partial charge is 0.171 e. The molecule has 1 aliphatic rings. The molecule has 3 heteroatoms. The highest BCUT2D eigenvalue weighted by Crippen LogP contribution is 2.44. The second kappa shape index (κ2) is 4.88. The maximum Gasteiger partial charge on any atom is 0.171 e. The van der Waals surface area contributed by atoms with Crippen LogP contribution >= 0.6 is 0 Å². The molecule has 100 valence electrons. The highest BCUT2D eigenvalue weighted by Gasteiger charge is 2.39.